The lowest BCUT2D eigenvalue weighted by Crippen LogP contribution is -2.27. The zero-order valence-corrected chi connectivity index (χ0v) is 20.1. The van der Waals surface area contributed by atoms with Gasteiger partial charge in [0.05, 0.1) is 30.3 Å². The number of ether oxygens (including phenoxy) is 3. The van der Waals surface area contributed by atoms with Crippen molar-refractivity contribution in [1.29, 1.82) is 0 Å². The van der Waals surface area contributed by atoms with Crippen LogP contribution in [0.25, 0.3) is 10.9 Å². The molecule has 0 unspecified atom stereocenters. The van der Waals surface area contributed by atoms with Crippen molar-refractivity contribution in [3.8, 4) is 0 Å². The van der Waals surface area contributed by atoms with E-state index >= 15 is 4.39 Å². The topological polar surface area (TPSA) is 66.8 Å². The largest absolute Gasteiger partial charge is 0.465 e. The molecular weight excluding hydrogens is 468 g/mol. The maximum atomic E-state index is 15.2. The van der Waals surface area contributed by atoms with Gasteiger partial charge in [0.2, 0.25) is 5.43 Å². The number of rotatable bonds is 9. The molecule has 0 spiro atoms. The fourth-order valence-corrected chi connectivity index (χ4v) is 4.01. The highest BCUT2D eigenvalue weighted by Crippen LogP contribution is 2.28. The monoisotopic (exact) mass is 493 g/mol. The third-order valence-corrected chi connectivity index (χ3v) is 5.93. The van der Waals surface area contributed by atoms with Crippen molar-refractivity contribution in [1.82, 2.24) is 4.57 Å². The minimum Gasteiger partial charge on any atom is -0.465 e. The summed E-state index contributed by atoms with van der Waals surface area (Å²) in [5, 5.41) is 0.0315. The van der Waals surface area contributed by atoms with Gasteiger partial charge in [-0.3, -0.25) is 4.79 Å². The average Bonchev–Trinajstić information content (AvgIpc) is 2.80. The number of pyridine rings is 1. The van der Waals surface area contributed by atoms with Gasteiger partial charge in [-0.1, -0.05) is 37.6 Å². The van der Waals surface area contributed by atoms with Crippen LogP contribution in [0.15, 0.2) is 41.3 Å². The number of halogens is 3. The van der Waals surface area contributed by atoms with Crippen molar-refractivity contribution in [3.05, 3.63) is 80.1 Å². The van der Waals surface area contributed by atoms with Crippen molar-refractivity contribution in [2.45, 2.75) is 26.3 Å². The van der Waals surface area contributed by atoms with Gasteiger partial charge in [-0.05, 0) is 35.2 Å². The first-order chi connectivity index (χ1) is 16.2. The molecule has 0 aliphatic heterocycles. The number of fused-ring (bicyclic) bond motifs is 1. The second-order valence-corrected chi connectivity index (χ2v) is 8.62. The van der Waals surface area contributed by atoms with Crippen LogP contribution >= 0.6 is 11.6 Å². The minimum absolute atomic E-state index is 0.00338. The highest BCUT2D eigenvalue weighted by Gasteiger charge is 2.24. The van der Waals surface area contributed by atoms with Gasteiger partial charge in [0.15, 0.2) is 0 Å². The molecule has 9 heteroatoms. The summed E-state index contributed by atoms with van der Waals surface area (Å²) < 4.78 is 46.6. The second kappa shape index (κ2) is 11.1. The van der Waals surface area contributed by atoms with E-state index in [-0.39, 0.29) is 64.4 Å². The molecule has 0 fully saturated rings. The van der Waals surface area contributed by atoms with Crippen molar-refractivity contribution < 1.29 is 27.8 Å². The summed E-state index contributed by atoms with van der Waals surface area (Å²) in [6, 6.07) is 6.68. The molecule has 1 heterocycles. The smallest absolute Gasteiger partial charge is 0.343 e. The van der Waals surface area contributed by atoms with Crippen molar-refractivity contribution in [2.75, 3.05) is 27.6 Å². The fourth-order valence-electron chi connectivity index (χ4n) is 3.82. The van der Waals surface area contributed by atoms with E-state index in [1.54, 1.807) is 10.6 Å². The standard InChI is InChI=1S/C25H26ClF2NO5/c1-14(2)22(12-34-13-32-3)29-11-18(25(31)33-4)24(30)17-9-16(20(27)10-21(17)29)8-15-6-5-7-19(26)23(15)28/h5-7,9-11,14,22H,8,12-13H2,1-4H3/t22-/m1/s1. The highest BCUT2D eigenvalue weighted by atomic mass is 35.5. The Morgan fingerprint density at radius 1 is 1.15 bits per heavy atom. The van der Waals surface area contributed by atoms with E-state index < -0.39 is 23.0 Å². The molecule has 0 aliphatic carbocycles. The number of benzene rings is 2. The van der Waals surface area contributed by atoms with E-state index in [9.17, 15) is 14.0 Å². The SMILES string of the molecule is COCOC[C@H](C(C)C)n1cc(C(=O)OC)c(=O)c2cc(Cc3cccc(Cl)c3F)c(F)cc21. The van der Waals surface area contributed by atoms with Crippen LogP contribution in [0, 0.1) is 17.6 Å². The summed E-state index contributed by atoms with van der Waals surface area (Å²) in [6.45, 7) is 4.13. The number of carbonyl (C=O) groups is 1. The number of methoxy groups -OCH3 is 2. The molecule has 1 aromatic heterocycles. The molecular formula is C25H26ClF2NO5. The lowest BCUT2D eigenvalue weighted by Gasteiger charge is -2.26. The Kier molecular flexibility index (Phi) is 8.41. The van der Waals surface area contributed by atoms with E-state index in [1.165, 1.54) is 44.7 Å². The van der Waals surface area contributed by atoms with Crippen LogP contribution in [0.3, 0.4) is 0 Å². The van der Waals surface area contributed by atoms with Gasteiger partial charge in [0.1, 0.15) is 24.0 Å². The maximum Gasteiger partial charge on any atom is 0.343 e. The van der Waals surface area contributed by atoms with Crippen molar-refractivity contribution in [2.24, 2.45) is 5.92 Å². The molecule has 0 bridgehead atoms. The van der Waals surface area contributed by atoms with Gasteiger partial charge in [0.25, 0.3) is 0 Å². The average molecular weight is 494 g/mol. The number of esters is 1. The molecule has 34 heavy (non-hydrogen) atoms. The van der Waals surface area contributed by atoms with Gasteiger partial charge < -0.3 is 18.8 Å². The van der Waals surface area contributed by atoms with Crippen LogP contribution in [0.2, 0.25) is 5.02 Å². The molecule has 3 aromatic rings. The lowest BCUT2D eigenvalue weighted by atomic mass is 9.99. The third kappa shape index (κ3) is 5.29. The second-order valence-electron chi connectivity index (χ2n) is 8.21. The Hall–Kier alpha value is -2.81. The van der Waals surface area contributed by atoms with Crippen LogP contribution in [0.1, 0.15) is 41.4 Å². The van der Waals surface area contributed by atoms with Crippen LogP contribution in [-0.4, -0.2) is 38.2 Å². The molecule has 2 aromatic carbocycles. The number of hydrogen-bond donors (Lipinski definition) is 0. The van der Waals surface area contributed by atoms with E-state index in [0.717, 1.165) is 0 Å². The number of nitrogens with zero attached hydrogens (tertiary/aromatic N) is 1. The summed E-state index contributed by atoms with van der Waals surface area (Å²) in [6.07, 6.45) is 1.24. The first-order valence-electron chi connectivity index (χ1n) is 10.6. The van der Waals surface area contributed by atoms with Crippen LogP contribution < -0.4 is 5.43 Å². The van der Waals surface area contributed by atoms with Gasteiger partial charge >= 0.3 is 5.97 Å². The quantitative estimate of drug-likeness (QED) is 0.235. The molecule has 182 valence electrons. The highest BCUT2D eigenvalue weighted by molar-refractivity contribution is 6.30. The predicted molar refractivity (Wildman–Crippen MR) is 125 cm³/mol. The number of hydrogen-bond acceptors (Lipinski definition) is 5. The fraction of sp³-hybridized carbons (Fsp3) is 0.360. The van der Waals surface area contributed by atoms with Gasteiger partial charge in [0, 0.05) is 25.1 Å². The predicted octanol–water partition coefficient (Wildman–Crippen LogP) is 5.13. The first kappa shape index (κ1) is 25.8. The Balaban J connectivity index is 2.23. The normalized spacial score (nSPS) is 12.4. The summed E-state index contributed by atoms with van der Waals surface area (Å²) in [5.41, 5.74) is -0.241. The Labute approximate surface area is 201 Å². The van der Waals surface area contributed by atoms with E-state index in [0.29, 0.717) is 0 Å². The van der Waals surface area contributed by atoms with Crippen molar-refractivity contribution >= 4 is 28.5 Å². The van der Waals surface area contributed by atoms with E-state index in [1.807, 2.05) is 13.8 Å². The third-order valence-electron chi connectivity index (χ3n) is 5.63. The Morgan fingerprint density at radius 2 is 1.88 bits per heavy atom. The molecule has 0 saturated carbocycles. The molecule has 3 rings (SSSR count). The first-order valence-corrected chi connectivity index (χ1v) is 11.0. The van der Waals surface area contributed by atoms with Gasteiger partial charge in [-0.2, -0.15) is 0 Å². The molecule has 6 nitrogen and oxygen atoms in total. The zero-order valence-electron chi connectivity index (χ0n) is 19.4. The Morgan fingerprint density at radius 3 is 2.53 bits per heavy atom. The maximum absolute atomic E-state index is 15.2. The van der Waals surface area contributed by atoms with Crippen LogP contribution in [-0.2, 0) is 20.6 Å². The van der Waals surface area contributed by atoms with E-state index in [2.05, 4.69) is 0 Å². The van der Waals surface area contributed by atoms with Crippen LogP contribution in [0.4, 0.5) is 8.78 Å². The summed E-state index contributed by atoms with van der Waals surface area (Å²) in [7, 11) is 2.67. The van der Waals surface area contributed by atoms with E-state index in [4.69, 9.17) is 25.8 Å². The summed E-state index contributed by atoms with van der Waals surface area (Å²) >= 11 is 5.85. The number of carbonyl (C=O) groups excluding carboxylic acids is 1. The number of aromatic nitrogens is 1. The molecule has 0 radical (unpaired) electrons. The lowest BCUT2D eigenvalue weighted by molar-refractivity contribution is -0.0457. The summed E-state index contributed by atoms with van der Waals surface area (Å²) in [4.78, 5) is 25.6. The van der Waals surface area contributed by atoms with Gasteiger partial charge in [-0.25, -0.2) is 13.6 Å². The molecule has 0 amide bonds. The minimum atomic E-state index is -0.812. The van der Waals surface area contributed by atoms with Gasteiger partial charge in [-0.15, -0.1) is 0 Å². The molecule has 0 saturated heterocycles. The molecule has 0 aliphatic rings. The Bertz CT molecular complexity index is 1260. The summed E-state index contributed by atoms with van der Waals surface area (Å²) in [5.74, 6) is -2.09. The molecule has 0 N–H and O–H groups in total. The molecule has 1 atom stereocenters. The van der Waals surface area contributed by atoms with Crippen molar-refractivity contribution in [3.63, 3.8) is 0 Å². The van der Waals surface area contributed by atoms with Crippen LogP contribution in [0.5, 0.6) is 0 Å². The zero-order chi connectivity index (χ0) is 25.0.